The molecule has 0 bridgehead atoms. The summed E-state index contributed by atoms with van der Waals surface area (Å²) in [6, 6.07) is 9.99. The van der Waals surface area contributed by atoms with Crippen molar-refractivity contribution in [3.63, 3.8) is 0 Å². The molecule has 26 heavy (non-hydrogen) atoms. The lowest BCUT2D eigenvalue weighted by Crippen LogP contribution is -2.26. The van der Waals surface area contributed by atoms with Gasteiger partial charge in [-0.15, -0.1) is 0 Å². The number of methoxy groups -OCH3 is 1. The molecule has 0 aliphatic carbocycles. The summed E-state index contributed by atoms with van der Waals surface area (Å²) in [4.78, 5) is 16.3. The van der Waals surface area contributed by atoms with Gasteiger partial charge in [0.25, 0.3) is 5.91 Å². The molecule has 0 unspecified atom stereocenters. The van der Waals surface area contributed by atoms with Crippen LogP contribution in [-0.4, -0.2) is 24.5 Å². The molecule has 5 nitrogen and oxygen atoms in total. The quantitative estimate of drug-likeness (QED) is 0.731. The van der Waals surface area contributed by atoms with E-state index >= 15 is 0 Å². The predicted octanol–water partition coefficient (Wildman–Crippen LogP) is 3.60. The average Bonchev–Trinajstić information content (AvgIpc) is 3.12. The molecule has 3 rings (SSSR count). The molecule has 1 aromatic heterocycles. The highest BCUT2D eigenvalue weighted by atomic mass is 19.1. The highest BCUT2D eigenvalue weighted by molar-refractivity contribution is 5.94. The molecule has 0 saturated heterocycles. The second-order valence-corrected chi connectivity index (χ2v) is 5.50. The SMILES string of the molecule is COc1ccc(-c2nc(CCNC(=O)c3cc(F)ccc3F)co2)cc1. The van der Waals surface area contributed by atoms with Crippen LogP contribution in [0.1, 0.15) is 16.1 Å². The third-order valence-corrected chi connectivity index (χ3v) is 3.73. The van der Waals surface area contributed by atoms with Gasteiger partial charge in [-0.1, -0.05) is 0 Å². The molecule has 1 amide bonds. The normalized spacial score (nSPS) is 10.6. The number of nitrogens with one attached hydrogen (secondary N) is 1. The van der Waals surface area contributed by atoms with Crippen molar-refractivity contribution in [1.82, 2.24) is 10.3 Å². The summed E-state index contributed by atoms with van der Waals surface area (Å²) in [6.07, 6.45) is 1.89. The Morgan fingerprint density at radius 3 is 2.69 bits per heavy atom. The second kappa shape index (κ2) is 7.77. The highest BCUT2D eigenvalue weighted by Gasteiger charge is 2.13. The number of hydrogen-bond donors (Lipinski definition) is 1. The van der Waals surface area contributed by atoms with E-state index in [1.807, 2.05) is 12.1 Å². The van der Waals surface area contributed by atoms with Gasteiger partial charge in [-0.2, -0.15) is 0 Å². The van der Waals surface area contributed by atoms with E-state index in [2.05, 4.69) is 10.3 Å². The zero-order valence-corrected chi connectivity index (χ0v) is 14.0. The highest BCUT2D eigenvalue weighted by Crippen LogP contribution is 2.21. The molecule has 0 radical (unpaired) electrons. The molecule has 0 spiro atoms. The van der Waals surface area contributed by atoms with E-state index in [-0.39, 0.29) is 12.1 Å². The summed E-state index contributed by atoms with van der Waals surface area (Å²) in [5.74, 6) is -0.942. The summed E-state index contributed by atoms with van der Waals surface area (Å²) in [5, 5.41) is 2.54. The minimum absolute atomic E-state index is 0.212. The van der Waals surface area contributed by atoms with Gasteiger partial charge in [0.1, 0.15) is 23.6 Å². The first-order valence-electron chi connectivity index (χ1n) is 7.89. The Balaban J connectivity index is 1.58. The maximum Gasteiger partial charge on any atom is 0.254 e. The van der Waals surface area contributed by atoms with E-state index < -0.39 is 17.5 Å². The largest absolute Gasteiger partial charge is 0.497 e. The molecule has 0 saturated carbocycles. The van der Waals surface area contributed by atoms with Crippen molar-refractivity contribution in [3.8, 4) is 17.2 Å². The number of ether oxygens (including phenoxy) is 1. The van der Waals surface area contributed by atoms with E-state index in [1.165, 1.54) is 6.26 Å². The molecule has 0 fully saturated rings. The van der Waals surface area contributed by atoms with Gasteiger partial charge in [-0.05, 0) is 42.5 Å². The van der Waals surface area contributed by atoms with Gasteiger partial charge in [-0.25, -0.2) is 13.8 Å². The number of benzene rings is 2. The Hall–Kier alpha value is -3.22. The monoisotopic (exact) mass is 358 g/mol. The van der Waals surface area contributed by atoms with Crippen molar-refractivity contribution in [2.75, 3.05) is 13.7 Å². The fraction of sp³-hybridized carbons (Fsp3) is 0.158. The Morgan fingerprint density at radius 2 is 1.96 bits per heavy atom. The molecular formula is C19H16F2N2O3. The van der Waals surface area contributed by atoms with Gasteiger partial charge in [0.05, 0.1) is 18.4 Å². The van der Waals surface area contributed by atoms with E-state index in [1.54, 1.807) is 19.2 Å². The van der Waals surface area contributed by atoms with Gasteiger partial charge in [0, 0.05) is 18.5 Å². The maximum atomic E-state index is 13.6. The first-order chi connectivity index (χ1) is 12.6. The zero-order chi connectivity index (χ0) is 18.5. The molecule has 3 aromatic rings. The number of oxazole rings is 1. The number of rotatable bonds is 6. The first kappa shape index (κ1) is 17.6. The molecule has 1 N–H and O–H groups in total. The Labute approximate surface area is 148 Å². The van der Waals surface area contributed by atoms with E-state index in [9.17, 15) is 13.6 Å². The minimum Gasteiger partial charge on any atom is -0.497 e. The van der Waals surface area contributed by atoms with Crippen LogP contribution in [0.5, 0.6) is 5.75 Å². The van der Waals surface area contributed by atoms with Gasteiger partial charge >= 0.3 is 0 Å². The van der Waals surface area contributed by atoms with Gasteiger partial charge in [0.2, 0.25) is 5.89 Å². The lowest BCUT2D eigenvalue weighted by Gasteiger charge is -2.05. The standard InChI is InChI=1S/C19H16F2N2O3/c1-25-15-5-2-12(3-6-15)19-23-14(11-26-19)8-9-22-18(24)16-10-13(20)4-7-17(16)21/h2-7,10-11H,8-9H2,1H3,(H,22,24). The molecule has 0 atom stereocenters. The van der Waals surface area contributed by atoms with Crippen LogP contribution in [0.15, 0.2) is 53.1 Å². The van der Waals surface area contributed by atoms with E-state index in [4.69, 9.17) is 9.15 Å². The smallest absolute Gasteiger partial charge is 0.254 e. The Morgan fingerprint density at radius 1 is 1.19 bits per heavy atom. The predicted molar refractivity (Wildman–Crippen MR) is 90.9 cm³/mol. The Kier molecular flexibility index (Phi) is 5.26. The molecule has 1 heterocycles. The molecule has 7 heteroatoms. The summed E-state index contributed by atoms with van der Waals surface area (Å²) in [5.41, 5.74) is 1.10. The van der Waals surface area contributed by atoms with Crippen LogP contribution < -0.4 is 10.1 Å². The maximum absolute atomic E-state index is 13.6. The van der Waals surface area contributed by atoms with Crippen LogP contribution in [0.3, 0.4) is 0 Å². The van der Waals surface area contributed by atoms with Crippen LogP contribution in [0.2, 0.25) is 0 Å². The minimum atomic E-state index is -0.771. The van der Waals surface area contributed by atoms with Crippen LogP contribution in [0.25, 0.3) is 11.5 Å². The van der Waals surface area contributed by atoms with Gasteiger partial charge in [-0.3, -0.25) is 4.79 Å². The lowest BCUT2D eigenvalue weighted by molar-refractivity contribution is 0.0949. The van der Waals surface area contributed by atoms with Crippen molar-refractivity contribution < 1.29 is 22.7 Å². The van der Waals surface area contributed by atoms with Crippen molar-refractivity contribution in [2.24, 2.45) is 0 Å². The third kappa shape index (κ3) is 4.05. The molecule has 0 aliphatic heterocycles. The van der Waals surface area contributed by atoms with Crippen molar-refractivity contribution >= 4 is 5.91 Å². The number of hydrogen-bond acceptors (Lipinski definition) is 4. The van der Waals surface area contributed by atoms with E-state index in [0.29, 0.717) is 18.0 Å². The van der Waals surface area contributed by atoms with Crippen LogP contribution in [-0.2, 0) is 6.42 Å². The van der Waals surface area contributed by atoms with Crippen LogP contribution in [0, 0.1) is 11.6 Å². The van der Waals surface area contributed by atoms with E-state index in [0.717, 1.165) is 29.5 Å². The molecular weight excluding hydrogens is 342 g/mol. The Bertz CT molecular complexity index is 907. The first-order valence-corrected chi connectivity index (χ1v) is 7.89. The topological polar surface area (TPSA) is 64.4 Å². The number of halogens is 2. The number of carbonyl (C=O) groups is 1. The fourth-order valence-electron chi connectivity index (χ4n) is 2.36. The summed E-state index contributed by atoms with van der Waals surface area (Å²) in [7, 11) is 1.59. The number of carbonyl (C=O) groups excluding carboxylic acids is 1. The van der Waals surface area contributed by atoms with Crippen LogP contribution in [0.4, 0.5) is 8.78 Å². The summed E-state index contributed by atoms with van der Waals surface area (Å²) < 4.78 is 37.2. The van der Waals surface area contributed by atoms with Crippen LogP contribution >= 0.6 is 0 Å². The molecule has 2 aromatic carbocycles. The van der Waals surface area contributed by atoms with Gasteiger partial charge in [0.15, 0.2) is 0 Å². The van der Waals surface area contributed by atoms with Crippen molar-refractivity contribution in [1.29, 1.82) is 0 Å². The number of amides is 1. The third-order valence-electron chi connectivity index (χ3n) is 3.73. The number of aromatic nitrogens is 1. The second-order valence-electron chi connectivity index (χ2n) is 5.50. The average molecular weight is 358 g/mol. The summed E-state index contributed by atoms with van der Waals surface area (Å²) in [6.45, 7) is 0.212. The lowest BCUT2D eigenvalue weighted by atomic mass is 10.2. The van der Waals surface area contributed by atoms with Gasteiger partial charge < -0.3 is 14.5 Å². The molecule has 0 aliphatic rings. The van der Waals surface area contributed by atoms with Crippen molar-refractivity contribution in [3.05, 3.63) is 71.6 Å². The zero-order valence-electron chi connectivity index (χ0n) is 14.0. The molecule has 134 valence electrons. The number of nitrogens with zero attached hydrogens (tertiary/aromatic N) is 1. The summed E-state index contributed by atoms with van der Waals surface area (Å²) >= 11 is 0. The fourth-order valence-corrected chi connectivity index (χ4v) is 2.36. The van der Waals surface area contributed by atoms with Crippen molar-refractivity contribution in [2.45, 2.75) is 6.42 Å².